The van der Waals surface area contributed by atoms with Crippen LogP contribution in [0, 0.1) is 0 Å². The van der Waals surface area contributed by atoms with E-state index in [2.05, 4.69) is 0 Å². The van der Waals surface area contributed by atoms with E-state index in [1.165, 1.54) is 12.1 Å². The Bertz CT molecular complexity index is 1080. The SMILES string of the molecule is O=C(C[P+](c1ccccc1)(c1ccccc1)c1ccccc1)c1ccc(C(F)(F)F)cc1. The van der Waals surface area contributed by atoms with Crippen molar-refractivity contribution in [3.05, 3.63) is 126 Å². The first-order valence-electron chi connectivity index (χ1n) is 10.2. The predicted octanol–water partition coefficient (Wildman–Crippen LogP) is 5.88. The van der Waals surface area contributed by atoms with Crippen molar-refractivity contribution in [2.24, 2.45) is 0 Å². The zero-order chi connectivity index (χ0) is 22.6. The molecule has 0 N–H and O–H groups in total. The van der Waals surface area contributed by atoms with Crippen LogP contribution in [0.2, 0.25) is 0 Å². The Morgan fingerprint density at radius 3 is 1.31 bits per heavy atom. The summed E-state index contributed by atoms with van der Waals surface area (Å²) in [5.74, 6) is -0.177. The fourth-order valence-electron chi connectivity index (χ4n) is 3.92. The molecule has 32 heavy (non-hydrogen) atoms. The van der Waals surface area contributed by atoms with Crippen LogP contribution in [0.5, 0.6) is 0 Å². The zero-order valence-corrected chi connectivity index (χ0v) is 18.1. The molecule has 0 saturated carbocycles. The number of alkyl halides is 3. The molecule has 0 radical (unpaired) electrons. The third kappa shape index (κ3) is 4.37. The van der Waals surface area contributed by atoms with Crippen molar-refractivity contribution in [1.29, 1.82) is 0 Å². The number of benzene rings is 4. The second kappa shape index (κ2) is 9.10. The van der Waals surface area contributed by atoms with Crippen molar-refractivity contribution in [3.8, 4) is 0 Å². The lowest BCUT2D eigenvalue weighted by molar-refractivity contribution is -0.137. The van der Waals surface area contributed by atoms with Gasteiger partial charge in [0.25, 0.3) is 0 Å². The summed E-state index contributed by atoms with van der Waals surface area (Å²) in [7, 11) is -2.39. The highest BCUT2D eigenvalue weighted by atomic mass is 31.2. The number of rotatable bonds is 6. The van der Waals surface area contributed by atoms with E-state index in [9.17, 15) is 18.0 Å². The maximum Gasteiger partial charge on any atom is 0.416 e. The summed E-state index contributed by atoms with van der Waals surface area (Å²) in [4.78, 5) is 13.5. The van der Waals surface area contributed by atoms with Crippen LogP contribution in [-0.4, -0.2) is 11.9 Å². The zero-order valence-electron chi connectivity index (χ0n) is 17.2. The monoisotopic (exact) mass is 449 g/mol. The normalized spacial score (nSPS) is 11.8. The van der Waals surface area contributed by atoms with Gasteiger partial charge in [0, 0.05) is 5.56 Å². The standard InChI is InChI=1S/C27H21F3OP/c28-27(29,30)22-18-16-21(17-19-22)26(31)20-32(23-10-4-1-5-11-23,24-12-6-2-7-13-24)25-14-8-3-9-15-25/h1-19H,20H2/q+1. The maximum absolute atomic E-state index is 13.5. The van der Waals surface area contributed by atoms with E-state index >= 15 is 0 Å². The van der Waals surface area contributed by atoms with E-state index in [0.29, 0.717) is 0 Å². The molecule has 0 aromatic heterocycles. The Morgan fingerprint density at radius 2 is 0.969 bits per heavy atom. The van der Waals surface area contributed by atoms with Crippen LogP contribution >= 0.6 is 7.26 Å². The van der Waals surface area contributed by atoms with E-state index in [1.807, 2.05) is 91.0 Å². The average molecular weight is 449 g/mol. The number of carbonyl (C=O) groups excluding carboxylic acids is 1. The Kier molecular flexibility index (Phi) is 6.25. The van der Waals surface area contributed by atoms with Crippen LogP contribution in [0.15, 0.2) is 115 Å². The highest BCUT2D eigenvalue weighted by molar-refractivity contribution is 7.96. The molecule has 0 heterocycles. The van der Waals surface area contributed by atoms with Gasteiger partial charge in [0.15, 0.2) is 0 Å². The maximum atomic E-state index is 13.5. The Balaban J connectivity index is 1.85. The molecule has 1 nitrogen and oxygen atoms in total. The van der Waals surface area contributed by atoms with Crippen LogP contribution < -0.4 is 15.9 Å². The number of halogens is 3. The molecule has 4 rings (SSSR count). The lowest BCUT2D eigenvalue weighted by Gasteiger charge is -2.27. The Labute approximate surface area is 185 Å². The summed E-state index contributed by atoms with van der Waals surface area (Å²) >= 11 is 0. The van der Waals surface area contributed by atoms with Crippen molar-refractivity contribution >= 4 is 29.0 Å². The molecular weight excluding hydrogens is 428 g/mol. The van der Waals surface area contributed by atoms with Gasteiger partial charge >= 0.3 is 6.18 Å². The third-order valence-electron chi connectivity index (χ3n) is 5.51. The second-order valence-corrected chi connectivity index (χ2v) is 11.0. The quantitative estimate of drug-likeness (QED) is 0.265. The number of hydrogen-bond acceptors (Lipinski definition) is 1. The summed E-state index contributed by atoms with van der Waals surface area (Å²) in [6, 6.07) is 34.3. The molecule has 0 bridgehead atoms. The first kappa shape index (κ1) is 22.0. The molecular formula is C27H21F3OP+. The first-order chi connectivity index (χ1) is 15.4. The summed E-state index contributed by atoms with van der Waals surface area (Å²) in [6.45, 7) is 0. The van der Waals surface area contributed by atoms with Gasteiger partial charge in [-0.15, -0.1) is 0 Å². The number of Topliss-reactive ketones (excluding diaryl/α,β-unsaturated/α-hetero) is 1. The number of ketones is 1. The van der Waals surface area contributed by atoms with Crippen molar-refractivity contribution in [1.82, 2.24) is 0 Å². The van der Waals surface area contributed by atoms with Gasteiger partial charge in [-0.05, 0) is 48.5 Å². The molecule has 0 atom stereocenters. The van der Waals surface area contributed by atoms with Gasteiger partial charge in [-0.3, -0.25) is 4.79 Å². The lowest BCUT2D eigenvalue weighted by Crippen LogP contribution is -2.35. The minimum absolute atomic E-state index is 0.177. The molecule has 0 aliphatic carbocycles. The van der Waals surface area contributed by atoms with E-state index in [0.717, 1.165) is 28.0 Å². The number of hydrogen-bond donors (Lipinski definition) is 0. The Morgan fingerprint density at radius 1 is 0.594 bits per heavy atom. The molecule has 0 saturated heterocycles. The van der Waals surface area contributed by atoms with Gasteiger partial charge in [0.2, 0.25) is 5.78 Å². The smallest absolute Gasteiger partial charge is 0.290 e. The van der Waals surface area contributed by atoms with Gasteiger partial charge in [0.05, 0.1) is 5.56 Å². The van der Waals surface area contributed by atoms with Crippen LogP contribution in [0.1, 0.15) is 15.9 Å². The third-order valence-corrected chi connectivity index (χ3v) is 9.81. The van der Waals surface area contributed by atoms with Gasteiger partial charge in [0.1, 0.15) is 29.3 Å². The molecule has 160 valence electrons. The molecule has 0 fully saturated rings. The highest BCUT2D eigenvalue weighted by Crippen LogP contribution is 2.55. The minimum Gasteiger partial charge on any atom is -0.290 e. The van der Waals surface area contributed by atoms with Gasteiger partial charge in [-0.1, -0.05) is 66.7 Å². The van der Waals surface area contributed by atoms with Crippen molar-refractivity contribution < 1.29 is 18.0 Å². The van der Waals surface area contributed by atoms with Crippen LogP contribution in [0.4, 0.5) is 13.2 Å². The number of carbonyl (C=O) groups is 1. The minimum atomic E-state index is -4.43. The van der Waals surface area contributed by atoms with Gasteiger partial charge < -0.3 is 0 Å². The van der Waals surface area contributed by atoms with E-state index in [1.54, 1.807) is 0 Å². The molecule has 0 amide bonds. The summed E-state index contributed by atoms with van der Waals surface area (Å²) < 4.78 is 38.9. The van der Waals surface area contributed by atoms with Crippen molar-refractivity contribution in [3.63, 3.8) is 0 Å². The van der Waals surface area contributed by atoms with Gasteiger partial charge in [-0.25, -0.2) is 0 Å². The fourth-order valence-corrected chi connectivity index (χ4v) is 8.02. The average Bonchev–Trinajstić information content (AvgIpc) is 2.83. The summed E-state index contributed by atoms with van der Waals surface area (Å²) in [5.41, 5.74) is -0.477. The van der Waals surface area contributed by atoms with Crippen LogP contribution in [0.25, 0.3) is 0 Å². The molecule has 5 heteroatoms. The lowest BCUT2D eigenvalue weighted by atomic mass is 10.1. The highest BCUT2D eigenvalue weighted by Gasteiger charge is 2.47. The van der Waals surface area contributed by atoms with Crippen LogP contribution in [-0.2, 0) is 6.18 Å². The topological polar surface area (TPSA) is 17.1 Å². The van der Waals surface area contributed by atoms with Crippen molar-refractivity contribution in [2.45, 2.75) is 6.18 Å². The second-order valence-electron chi connectivity index (χ2n) is 7.47. The fraction of sp³-hybridized carbons (Fsp3) is 0.0741. The molecule has 0 spiro atoms. The Hall–Kier alpha value is -3.23. The van der Waals surface area contributed by atoms with E-state index in [-0.39, 0.29) is 17.5 Å². The molecule has 4 aromatic carbocycles. The largest absolute Gasteiger partial charge is 0.416 e. The van der Waals surface area contributed by atoms with Crippen LogP contribution in [0.3, 0.4) is 0 Å². The summed E-state index contributed by atoms with van der Waals surface area (Å²) in [6.07, 6.45) is -4.24. The van der Waals surface area contributed by atoms with Gasteiger partial charge in [-0.2, -0.15) is 13.2 Å². The van der Waals surface area contributed by atoms with E-state index < -0.39 is 19.0 Å². The first-order valence-corrected chi connectivity index (χ1v) is 12.1. The molecule has 0 aliphatic rings. The molecule has 4 aromatic rings. The predicted molar refractivity (Wildman–Crippen MR) is 126 cm³/mol. The molecule has 0 aliphatic heterocycles. The molecule has 0 unspecified atom stereocenters. The van der Waals surface area contributed by atoms with Crippen molar-refractivity contribution in [2.75, 3.05) is 6.16 Å². The summed E-state index contributed by atoms with van der Waals surface area (Å²) in [5, 5.41) is 3.16. The van der Waals surface area contributed by atoms with E-state index in [4.69, 9.17) is 0 Å².